The molecule has 0 bridgehead atoms. The van der Waals surface area contributed by atoms with Crippen molar-refractivity contribution in [3.05, 3.63) is 59.7 Å². The van der Waals surface area contributed by atoms with Crippen molar-refractivity contribution in [1.29, 1.82) is 0 Å². The van der Waals surface area contributed by atoms with Crippen LogP contribution in [0.15, 0.2) is 48.5 Å². The van der Waals surface area contributed by atoms with Gasteiger partial charge in [-0.05, 0) is 34.6 Å². The number of rotatable bonds is 10. The first-order valence-corrected chi connectivity index (χ1v) is 11.5. The van der Waals surface area contributed by atoms with Gasteiger partial charge in [0.1, 0.15) is 12.6 Å². The van der Waals surface area contributed by atoms with Crippen molar-refractivity contribution in [3.8, 4) is 11.1 Å². The van der Waals surface area contributed by atoms with E-state index in [-0.39, 0.29) is 24.9 Å². The van der Waals surface area contributed by atoms with Crippen LogP contribution in [0, 0.1) is 5.92 Å². The molecular formula is C26H32N2O5. The van der Waals surface area contributed by atoms with Gasteiger partial charge in [-0.1, -0.05) is 75.7 Å². The fourth-order valence-electron chi connectivity index (χ4n) is 4.24. The van der Waals surface area contributed by atoms with E-state index >= 15 is 0 Å². The quantitative estimate of drug-likeness (QED) is 0.498. The molecule has 0 saturated carbocycles. The smallest absolute Gasteiger partial charge is 0.407 e. The molecule has 176 valence electrons. The highest BCUT2D eigenvalue weighted by Gasteiger charge is 2.30. The van der Waals surface area contributed by atoms with Crippen molar-refractivity contribution in [2.45, 2.75) is 58.0 Å². The van der Waals surface area contributed by atoms with Crippen molar-refractivity contribution in [3.63, 3.8) is 0 Å². The van der Waals surface area contributed by atoms with Gasteiger partial charge in [-0.2, -0.15) is 0 Å². The Morgan fingerprint density at radius 2 is 1.55 bits per heavy atom. The Morgan fingerprint density at radius 1 is 0.970 bits per heavy atom. The molecule has 7 heteroatoms. The molecule has 2 aromatic carbocycles. The van der Waals surface area contributed by atoms with Gasteiger partial charge >= 0.3 is 12.1 Å². The van der Waals surface area contributed by atoms with Gasteiger partial charge in [-0.25, -0.2) is 9.59 Å². The van der Waals surface area contributed by atoms with Gasteiger partial charge in [0.2, 0.25) is 5.91 Å². The molecule has 2 atom stereocenters. The first-order chi connectivity index (χ1) is 15.8. The maximum Gasteiger partial charge on any atom is 0.407 e. The molecule has 0 aliphatic heterocycles. The minimum absolute atomic E-state index is 0.0185. The molecule has 2 aromatic rings. The third-order valence-electron chi connectivity index (χ3n) is 6.07. The van der Waals surface area contributed by atoms with Gasteiger partial charge in [-0.3, -0.25) is 4.79 Å². The number of carboxylic acid groups (broad SMARTS) is 1. The summed E-state index contributed by atoms with van der Waals surface area (Å²) in [6.45, 7) is 5.83. The number of benzene rings is 2. The zero-order chi connectivity index (χ0) is 24.0. The normalized spacial score (nSPS) is 14.2. The second-order valence-electron chi connectivity index (χ2n) is 8.77. The molecule has 1 aliphatic carbocycles. The van der Waals surface area contributed by atoms with Crippen LogP contribution < -0.4 is 10.6 Å². The number of carbonyl (C=O) groups excluding carboxylic acids is 2. The predicted octanol–water partition coefficient (Wildman–Crippen LogP) is 4.31. The van der Waals surface area contributed by atoms with E-state index in [1.54, 1.807) is 0 Å². The van der Waals surface area contributed by atoms with E-state index < -0.39 is 30.1 Å². The predicted molar refractivity (Wildman–Crippen MR) is 126 cm³/mol. The van der Waals surface area contributed by atoms with Crippen molar-refractivity contribution >= 4 is 18.0 Å². The van der Waals surface area contributed by atoms with Crippen molar-refractivity contribution in [2.75, 3.05) is 6.61 Å². The van der Waals surface area contributed by atoms with Gasteiger partial charge in [0.15, 0.2) is 0 Å². The number of carbonyl (C=O) groups is 3. The summed E-state index contributed by atoms with van der Waals surface area (Å²) in [5.74, 6) is -1.55. The average Bonchev–Trinajstić information content (AvgIpc) is 3.10. The molecule has 0 fully saturated rings. The topological polar surface area (TPSA) is 105 Å². The van der Waals surface area contributed by atoms with E-state index in [1.807, 2.05) is 45.0 Å². The van der Waals surface area contributed by atoms with Gasteiger partial charge in [0, 0.05) is 18.4 Å². The Balaban J connectivity index is 1.60. The van der Waals surface area contributed by atoms with Crippen LogP contribution in [0.5, 0.6) is 0 Å². The fourth-order valence-corrected chi connectivity index (χ4v) is 4.24. The minimum Gasteiger partial charge on any atom is -0.480 e. The Labute approximate surface area is 194 Å². The van der Waals surface area contributed by atoms with Crippen LogP contribution in [0.4, 0.5) is 4.79 Å². The van der Waals surface area contributed by atoms with Gasteiger partial charge in [0.25, 0.3) is 0 Å². The lowest BCUT2D eigenvalue weighted by Crippen LogP contribution is -2.46. The highest BCUT2D eigenvalue weighted by Crippen LogP contribution is 2.44. The largest absolute Gasteiger partial charge is 0.480 e. The van der Waals surface area contributed by atoms with E-state index in [1.165, 1.54) is 0 Å². The van der Waals surface area contributed by atoms with E-state index in [2.05, 4.69) is 34.9 Å². The molecule has 0 heterocycles. The number of hydrogen-bond acceptors (Lipinski definition) is 4. The Hall–Kier alpha value is -3.35. The Kier molecular flexibility index (Phi) is 8.09. The lowest BCUT2D eigenvalue weighted by molar-refractivity contribution is -0.142. The summed E-state index contributed by atoms with van der Waals surface area (Å²) < 4.78 is 5.58. The second-order valence-corrected chi connectivity index (χ2v) is 8.77. The molecule has 3 N–H and O–H groups in total. The van der Waals surface area contributed by atoms with Crippen LogP contribution in [-0.4, -0.2) is 41.8 Å². The molecule has 33 heavy (non-hydrogen) atoms. The van der Waals surface area contributed by atoms with Crippen LogP contribution >= 0.6 is 0 Å². The summed E-state index contributed by atoms with van der Waals surface area (Å²) in [6.07, 6.45) is 0.387. The van der Waals surface area contributed by atoms with E-state index in [4.69, 9.17) is 4.74 Å². The second kappa shape index (κ2) is 11.0. The lowest BCUT2D eigenvalue weighted by Gasteiger charge is -2.23. The summed E-state index contributed by atoms with van der Waals surface area (Å²) in [4.78, 5) is 36.3. The highest BCUT2D eigenvalue weighted by atomic mass is 16.5. The Bertz CT molecular complexity index is 958. The highest BCUT2D eigenvalue weighted by molar-refractivity contribution is 5.84. The first kappa shape index (κ1) is 24.3. The van der Waals surface area contributed by atoms with Crippen LogP contribution in [-0.2, 0) is 14.3 Å². The molecular weight excluding hydrogens is 420 g/mol. The number of amides is 2. The molecule has 0 spiro atoms. The number of aliphatic carboxylic acids is 1. The first-order valence-electron chi connectivity index (χ1n) is 11.5. The standard InChI is InChI=1S/C26H32N2O5/c1-4-9-22(25(30)31)27-24(29)14-23(16(2)3)28-26(32)33-15-21-19-12-7-5-10-17(19)18-11-6-8-13-20(18)21/h5-8,10-13,16,21-23H,4,9,14-15H2,1-3H3,(H,27,29)(H,28,32)(H,30,31)/t22-,23+/m0/s1. The monoisotopic (exact) mass is 452 g/mol. The molecule has 0 unspecified atom stereocenters. The minimum atomic E-state index is -1.06. The van der Waals surface area contributed by atoms with Crippen molar-refractivity contribution in [1.82, 2.24) is 10.6 Å². The summed E-state index contributed by atoms with van der Waals surface area (Å²) in [6, 6.07) is 14.8. The van der Waals surface area contributed by atoms with Gasteiger partial charge in [0.05, 0.1) is 0 Å². The lowest BCUT2D eigenvalue weighted by atomic mass is 9.98. The van der Waals surface area contributed by atoms with Crippen molar-refractivity contribution in [2.24, 2.45) is 5.92 Å². The van der Waals surface area contributed by atoms with E-state index in [0.29, 0.717) is 12.8 Å². The molecule has 1 aliphatic rings. The number of hydrogen-bond donors (Lipinski definition) is 3. The summed E-state index contributed by atoms with van der Waals surface area (Å²) in [5.41, 5.74) is 4.56. The zero-order valence-corrected chi connectivity index (χ0v) is 19.3. The van der Waals surface area contributed by atoms with Crippen LogP contribution in [0.25, 0.3) is 11.1 Å². The molecule has 0 saturated heterocycles. The third-order valence-corrected chi connectivity index (χ3v) is 6.07. The maximum atomic E-state index is 12.6. The maximum absolute atomic E-state index is 12.6. The number of carboxylic acids is 1. The van der Waals surface area contributed by atoms with E-state index in [0.717, 1.165) is 22.3 Å². The number of nitrogens with one attached hydrogen (secondary N) is 2. The number of alkyl carbamates (subject to hydrolysis) is 1. The van der Waals surface area contributed by atoms with Crippen LogP contribution in [0.3, 0.4) is 0 Å². The van der Waals surface area contributed by atoms with Gasteiger partial charge in [-0.15, -0.1) is 0 Å². The SMILES string of the molecule is CCC[C@H](NC(=O)C[C@@H](NC(=O)OCC1c2ccccc2-c2ccccc21)C(C)C)C(=O)O. The van der Waals surface area contributed by atoms with Gasteiger partial charge < -0.3 is 20.5 Å². The Morgan fingerprint density at radius 3 is 2.06 bits per heavy atom. The summed E-state index contributed by atoms with van der Waals surface area (Å²) in [5, 5.41) is 14.6. The third kappa shape index (κ3) is 5.92. The fraction of sp³-hybridized carbons (Fsp3) is 0.423. The number of fused-ring (bicyclic) bond motifs is 3. The van der Waals surface area contributed by atoms with Crippen LogP contribution in [0.2, 0.25) is 0 Å². The molecule has 0 radical (unpaired) electrons. The molecule has 3 rings (SSSR count). The zero-order valence-electron chi connectivity index (χ0n) is 19.3. The number of ether oxygens (including phenoxy) is 1. The average molecular weight is 453 g/mol. The summed E-state index contributed by atoms with van der Waals surface area (Å²) >= 11 is 0. The molecule has 7 nitrogen and oxygen atoms in total. The molecule has 0 aromatic heterocycles. The summed E-state index contributed by atoms with van der Waals surface area (Å²) in [7, 11) is 0. The van der Waals surface area contributed by atoms with Crippen LogP contribution in [0.1, 0.15) is 57.1 Å². The van der Waals surface area contributed by atoms with Crippen molar-refractivity contribution < 1.29 is 24.2 Å². The molecule has 2 amide bonds. The van der Waals surface area contributed by atoms with E-state index in [9.17, 15) is 19.5 Å².